The highest BCUT2D eigenvalue weighted by Gasteiger charge is 2.27. The van der Waals surface area contributed by atoms with Crippen molar-refractivity contribution in [2.75, 3.05) is 132 Å². The van der Waals surface area contributed by atoms with Gasteiger partial charge in [-0.3, -0.25) is 25.3 Å². The van der Waals surface area contributed by atoms with E-state index in [4.69, 9.17) is 49.4 Å². The van der Waals surface area contributed by atoms with E-state index in [2.05, 4.69) is 65.5 Å². The van der Waals surface area contributed by atoms with Crippen LogP contribution in [0.5, 0.6) is 34.5 Å². The number of hydrogen-bond donors (Lipinski definition) is 7. The minimum absolute atomic E-state index is 0.113. The molecule has 3 fully saturated rings. The summed E-state index contributed by atoms with van der Waals surface area (Å²) in [6.45, 7) is 24.4. The molecule has 15 rings (SSSR count). The van der Waals surface area contributed by atoms with Gasteiger partial charge >= 0.3 is 24.2 Å². The van der Waals surface area contributed by atoms with Crippen molar-refractivity contribution in [1.29, 1.82) is 0 Å². The molecule has 6 aliphatic heterocycles. The molecule has 552 valence electrons. The number of carbonyl (C=O) groups excluding carboxylic acids is 4. The molecule has 24 nitrogen and oxygen atoms in total. The zero-order valence-corrected chi connectivity index (χ0v) is 62.3. The third-order valence-electron chi connectivity index (χ3n) is 17.4. The second-order valence-corrected chi connectivity index (χ2v) is 30.4. The van der Waals surface area contributed by atoms with Crippen molar-refractivity contribution in [1.82, 2.24) is 29.8 Å². The van der Waals surface area contributed by atoms with Crippen molar-refractivity contribution >= 4 is 92.4 Å². The first-order valence-corrected chi connectivity index (χ1v) is 37.5. The summed E-state index contributed by atoms with van der Waals surface area (Å²) in [5, 5.41) is 20.9. The number of nitrogens with zero attached hydrogens (tertiary/aromatic N) is 5. The number of piperazine rings is 3. The summed E-state index contributed by atoms with van der Waals surface area (Å²) in [6.07, 6.45) is -1.08. The molecule has 3 aromatic heterocycles. The number of hydrogen-bond acceptors (Lipinski definition) is 21. The molecular formula is C78H90N12O12S3. The van der Waals surface area contributed by atoms with Gasteiger partial charge in [-0.2, -0.15) is 0 Å². The maximum Gasteiger partial charge on any atom is 0.412 e. The number of urea groups is 2. The Kier molecular flexibility index (Phi) is 24.5. The highest BCUT2D eigenvalue weighted by Crippen LogP contribution is 2.38. The molecule has 0 saturated carbocycles. The average Bonchev–Trinajstić information content (AvgIpc) is 1.63. The number of ether oxygens (including phenoxy) is 8. The lowest BCUT2D eigenvalue weighted by Gasteiger charge is -2.34. The Bertz CT molecular complexity index is 4410. The summed E-state index contributed by atoms with van der Waals surface area (Å²) in [4.78, 5) is 64.3. The Morgan fingerprint density at radius 3 is 1.18 bits per heavy atom. The van der Waals surface area contributed by atoms with Crippen molar-refractivity contribution in [3.05, 3.63) is 178 Å². The Hall–Kier alpha value is -10.3. The fourth-order valence-corrected chi connectivity index (χ4v) is 14.3. The molecule has 9 aromatic rings. The summed E-state index contributed by atoms with van der Waals surface area (Å²) in [6, 6.07) is 46.9. The van der Waals surface area contributed by atoms with Crippen LogP contribution in [0.1, 0.15) is 58.2 Å². The predicted molar refractivity (Wildman–Crippen MR) is 415 cm³/mol. The molecule has 0 bridgehead atoms. The summed E-state index contributed by atoms with van der Waals surface area (Å²) < 4.78 is 43.0. The van der Waals surface area contributed by atoms with Crippen LogP contribution in [0, 0.1) is 0 Å². The van der Waals surface area contributed by atoms with Crippen molar-refractivity contribution in [2.45, 2.75) is 72.4 Å². The van der Waals surface area contributed by atoms with E-state index in [1.807, 2.05) is 151 Å². The number of nitrogen functional groups attached to an aromatic ring is 2. The van der Waals surface area contributed by atoms with Gasteiger partial charge in [0.05, 0.1) is 34.1 Å². The number of fused-ring (bicyclic) bond motifs is 3. The van der Waals surface area contributed by atoms with Crippen LogP contribution in [0.3, 0.4) is 0 Å². The van der Waals surface area contributed by atoms with Crippen LogP contribution < -0.4 is 66.5 Å². The Balaban J connectivity index is 0.000000138. The fourth-order valence-electron chi connectivity index (χ4n) is 12.1. The van der Waals surface area contributed by atoms with E-state index in [1.54, 1.807) is 71.8 Å². The van der Waals surface area contributed by atoms with Gasteiger partial charge in [0.2, 0.25) is 20.4 Å². The predicted octanol–water partition coefficient (Wildman–Crippen LogP) is 15.1. The third kappa shape index (κ3) is 21.2. The van der Waals surface area contributed by atoms with Gasteiger partial charge in [-0.05, 0) is 182 Å². The number of thiophene rings is 3. The Morgan fingerprint density at radius 1 is 0.400 bits per heavy atom. The zero-order chi connectivity index (χ0) is 73.5. The van der Waals surface area contributed by atoms with Crippen molar-refractivity contribution in [2.24, 2.45) is 0 Å². The van der Waals surface area contributed by atoms with Gasteiger partial charge in [-0.25, -0.2) is 19.2 Å². The lowest BCUT2D eigenvalue weighted by Crippen LogP contribution is -2.49. The maximum atomic E-state index is 13.2. The van der Waals surface area contributed by atoms with Gasteiger partial charge in [0.1, 0.15) is 11.2 Å². The van der Waals surface area contributed by atoms with Crippen LogP contribution in [-0.4, -0.2) is 159 Å². The number of rotatable bonds is 13. The lowest BCUT2D eigenvalue weighted by atomic mass is 10.1. The molecule has 0 spiro atoms. The van der Waals surface area contributed by atoms with Crippen molar-refractivity contribution in [3.8, 4) is 65.8 Å². The lowest BCUT2D eigenvalue weighted by molar-refractivity contribution is 0.0624. The monoisotopic (exact) mass is 1480 g/mol. The molecule has 0 radical (unpaired) electrons. The van der Waals surface area contributed by atoms with E-state index < -0.39 is 23.4 Å². The first-order chi connectivity index (χ1) is 50.6. The number of amides is 6. The quantitative estimate of drug-likeness (QED) is 0.0529. The molecule has 3 saturated heterocycles. The molecule has 27 heteroatoms. The Labute approximate surface area is 624 Å². The fraction of sp³-hybridized carbons (Fsp3) is 0.333. The van der Waals surface area contributed by atoms with E-state index in [9.17, 15) is 19.2 Å². The largest absolute Gasteiger partial charge is 0.454 e. The molecule has 6 aliphatic rings. The van der Waals surface area contributed by atoms with Crippen LogP contribution in [0.25, 0.3) is 31.3 Å². The van der Waals surface area contributed by atoms with Crippen LogP contribution in [0.15, 0.2) is 162 Å². The summed E-state index contributed by atoms with van der Waals surface area (Å²) in [5.74, 6) is 4.90. The van der Waals surface area contributed by atoms with Gasteiger partial charge in [0, 0.05) is 113 Å². The summed E-state index contributed by atoms with van der Waals surface area (Å²) in [7, 11) is 0. The molecule has 9 N–H and O–H groups in total. The van der Waals surface area contributed by atoms with E-state index in [0.717, 1.165) is 143 Å². The normalized spacial score (nSPS) is 15.4. The second-order valence-electron chi connectivity index (χ2n) is 27.5. The number of benzene rings is 6. The van der Waals surface area contributed by atoms with E-state index >= 15 is 0 Å². The molecule has 105 heavy (non-hydrogen) atoms. The zero-order valence-electron chi connectivity index (χ0n) is 59.8. The molecular weight excluding hydrogens is 1390 g/mol. The summed E-state index contributed by atoms with van der Waals surface area (Å²) >= 11 is 4.92. The van der Waals surface area contributed by atoms with Gasteiger partial charge in [0.25, 0.3) is 0 Å². The first kappa shape index (κ1) is 74.5. The minimum atomic E-state index is -0.634. The Morgan fingerprint density at radius 2 is 0.771 bits per heavy atom. The number of anilines is 6. The third-order valence-corrected chi connectivity index (χ3v) is 20.1. The van der Waals surface area contributed by atoms with Crippen LogP contribution in [0.4, 0.5) is 53.3 Å². The van der Waals surface area contributed by atoms with Crippen molar-refractivity contribution in [3.63, 3.8) is 0 Å². The van der Waals surface area contributed by atoms with Gasteiger partial charge in [0.15, 0.2) is 34.5 Å². The van der Waals surface area contributed by atoms with E-state index in [0.29, 0.717) is 67.1 Å². The molecule has 0 unspecified atom stereocenters. The number of carbonyl (C=O) groups is 4. The number of nitrogens with two attached hydrogens (primary N) is 2. The van der Waals surface area contributed by atoms with Crippen LogP contribution in [-0.2, 0) is 29.1 Å². The topological polar surface area (TPSA) is 271 Å². The highest BCUT2D eigenvalue weighted by molar-refractivity contribution is 7.14. The van der Waals surface area contributed by atoms with E-state index in [-0.39, 0.29) is 25.6 Å². The van der Waals surface area contributed by atoms with Gasteiger partial charge < -0.3 is 75.1 Å². The van der Waals surface area contributed by atoms with Crippen molar-refractivity contribution < 1.29 is 57.1 Å². The van der Waals surface area contributed by atoms with Crippen LogP contribution in [0.2, 0.25) is 0 Å². The first-order valence-electron chi connectivity index (χ1n) is 34.9. The average molecular weight is 1480 g/mol. The number of nitrogens with one attached hydrogen (secondary N) is 5. The molecule has 6 amide bonds. The second kappa shape index (κ2) is 34.6. The standard InChI is InChI=1S/C28H32N4O5S.C23H24N4O3S.C15H18N2O2S.C12H16N2O2/c1-28(2,3)37-27(34)30-21-8-7-20(25-5-4-14-38-25)16-22(21)29-26(33)32-12-10-31(11-13-32)17-19-6-9-23-24(15-19)36-18-35-23;24-18-5-4-17(22-2-1-11-31-22)13-19(18)25-23(28)27-9-7-26(8-10-27)14-16-3-6-20-21(12-16)30-15-29-20;1-15(2,3)19-14(18)17-12-7-6-10(9-11(12)16)13-5-4-8-20-13;1-2-11-12(16-9-15-11)7-10(1)8-14-5-3-13-4-6-14/h4-9,14-16H,10-13,17-18H2,1-3H3,(H,29,33)(H,30,34);1-6,11-13H,7-10,14-15,24H2,(H,25,28);4-9H,16H2,1-3H3,(H,17,18);1-2,7,13H,3-6,8-9H2. The molecule has 6 aromatic carbocycles. The van der Waals surface area contributed by atoms with E-state index in [1.165, 1.54) is 11.1 Å². The minimum Gasteiger partial charge on any atom is -0.454 e. The summed E-state index contributed by atoms with van der Waals surface area (Å²) in [5.41, 5.74) is 20.9. The van der Waals surface area contributed by atoms with Gasteiger partial charge in [-0.1, -0.05) is 54.6 Å². The van der Waals surface area contributed by atoms with Crippen LogP contribution >= 0.6 is 34.0 Å². The smallest absolute Gasteiger partial charge is 0.412 e. The maximum absolute atomic E-state index is 13.2. The molecule has 0 atom stereocenters. The molecule has 0 aliphatic carbocycles. The SMILES string of the molecule is CC(C)(C)OC(=O)Nc1ccc(-c2cccs2)cc1N.CC(C)(C)OC(=O)Nc1ccc(-c2cccs2)cc1NC(=O)N1CCN(Cc2ccc3c(c2)OCO3)CC1.Nc1ccc(-c2cccs2)cc1NC(=O)N1CCN(Cc2ccc3c(c2)OCO3)CC1.c1cc2c(cc1CN1CCNCC1)OCO2. The van der Waals surface area contributed by atoms with Gasteiger partial charge in [-0.15, -0.1) is 34.0 Å². The molecule has 9 heterocycles. The highest BCUT2D eigenvalue weighted by atomic mass is 32.1.